The molecule has 3 aromatic carbocycles. The minimum Gasteiger partial charge on any atom is -0.289 e. The molecule has 136 valence electrons. The number of sulfone groups is 1. The fourth-order valence-electron chi connectivity index (χ4n) is 3.23. The second-order valence-electron chi connectivity index (χ2n) is 6.45. The predicted molar refractivity (Wildman–Crippen MR) is 107 cm³/mol. The number of benzene rings is 3. The first-order chi connectivity index (χ1) is 12.8. The van der Waals surface area contributed by atoms with Gasteiger partial charge in [-0.3, -0.25) is 4.79 Å². The van der Waals surface area contributed by atoms with E-state index in [0.717, 1.165) is 16.0 Å². The monoisotopic (exact) mass is 414 g/mol. The number of ketones is 1. The van der Waals surface area contributed by atoms with Crippen molar-refractivity contribution in [1.29, 1.82) is 0 Å². The average molecular weight is 415 g/mol. The topological polar surface area (TPSA) is 51.2 Å². The molecule has 1 heterocycles. The van der Waals surface area contributed by atoms with E-state index in [2.05, 4.69) is 6.07 Å². The minimum atomic E-state index is -3.86. The van der Waals surface area contributed by atoms with Gasteiger partial charge in [0.05, 0.1) is 9.92 Å². The molecule has 0 fully saturated rings. The van der Waals surface area contributed by atoms with Crippen LogP contribution in [-0.2, 0) is 9.84 Å². The zero-order chi connectivity index (χ0) is 19.3. The number of aryl methyl sites for hydroxylation is 2. The molecule has 0 aromatic heterocycles. The van der Waals surface area contributed by atoms with Crippen molar-refractivity contribution in [1.82, 2.24) is 0 Å². The molecule has 0 saturated heterocycles. The zero-order valence-electron chi connectivity index (χ0n) is 14.6. The summed E-state index contributed by atoms with van der Waals surface area (Å²) in [6.45, 7) is 4.01. The highest BCUT2D eigenvalue weighted by molar-refractivity contribution is 7.99. The van der Waals surface area contributed by atoms with Crippen molar-refractivity contribution in [2.75, 3.05) is 0 Å². The van der Waals surface area contributed by atoms with Gasteiger partial charge in [0, 0.05) is 20.9 Å². The molecule has 0 unspecified atom stereocenters. The molecule has 0 aliphatic carbocycles. The highest BCUT2D eigenvalue weighted by Crippen LogP contribution is 2.44. The van der Waals surface area contributed by atoms with E-state index in [1.807, 2.05) is 26.0 Å². The normalized spacial score (nSPS) is 14.6. The number of hydrogen-bond donors (Lipinski definition) is 0. The zero-order valence-corrected chi connectivity index (χ0v) is 17.0. The molecule has 0 saturated carbocycles. The molecule has 0 radical (unpaired) electrons. The van der Waals surface area contributed by atoms with Crippen LogP contribution >= 0.6 is 23.4 Å². The molecule has 3 aromatic rings. The van der Waals surface area contributed by atoms with Crippen LogP contribution in [0.2, 0.25) is 5.02 Å². The highest BCUT2D eigenvalue weighted by atomic mass is 35.5. The van der Waals surface area contributed by atoms with Gasteiger partial charge in [0.2, 0.25) is 9.84 Å². The number of hydrogen-bond acceptors (Lipinski definition) is 4. The van der Waals surface area contributed by atoms with Crippen LogP contribution in [0.25, 0.3) is 0 Å². The summed E-state index contributed by atoms with van der Waals surface area (Å²) in [7, 11) is -3.86. The van der Waals surface area contributed by atoms with Gasteiger partial charge in [-0.05, 0) is 49.7 Å². The molecular weight excluding hydrogens is 400 g/mol. The first-order valence-electron chi connectivity index (χ1n) is 8.27. The number of carbonyl (C=O) groups is 1. The van der Waals surface area contributed by atoms with Gasteiger partial charge in [0.1, 0.15) is 4.90 Å². The molecule has 0 N–H and O–H groups in total. The molecular formula is C21H15ClO3S2. The Morgan fingerprint density at radius 1 is 0.889 bits per heavy atom. The number of carbonyl (C=O) groups excluding carboxylic acids is 1. The van der Waals surface area contributed by atoms with Crippen LogP contribution in [0.3, 0.4) is 0 Å². The lowest BCUT2D eigenvalue weighted by Gasteiger charge is -2.21. The van der Waals surface area contributed by atoms with Crippen LogP contribution in [0.15, 0.2) is 74.2 Å². The van der Waals surface area contributed by atoms with Crippen molar-refractivity contribution in [3.05, 3.63) is 81.9 Å². The van der Waals surface area contributed by atoms with E-state index in [-0.39, 0.29) is 31.7 Å². The largest absolute Gasteiger partial charge is 0.289 e. The molecule has 0 atom stereocenters. The molecule has 27 heavy (non-hydrogen) atoms. The molecule has 0 bridgehead atoms. The van der Waals surface area contributed by atoms with Crippen molar-refractivity contribution in [3.8, 4) is 0 Å². The van der Waals surface area contributed by atoms with Gasteiger partial charge in [-0.2, -0.15) is 0 Å². The van der Waals surface area contributed by atoms with E-state index in [0.29, 0.717) is 4.90 Å². The summed E-state index contributed by atoms with van der Waals surface area (Å²) in [5.41, 5.74) is 2.55. The Kier molecular flexibility index (Phi) is 4.41. The first-order valence-corrected chi connectivity index (χ1v) is 10.9. The van der Waals surface area contributed by atoms with Crippen molar-refractivity contribution in [3.63, 3.8) is 0 Å². The summed E-state index contributed by atoms with van der Waals surface area (Å²) in [6, 6.07) is 15.6. The van der Waals surface area contributed by atoms with Crippen molar-refractivity contribution in [2.45, 2.75) is 33.4 Å². The number of halogens is 1. The van der Waals surface area contributed by atoms with E-state index in [4.69, 9.17) is 11.6 Å². The standard InChI is InChI=1S/C21H15ClO3S2/c1-12-7-9-16(13(2)11-12)26-17-10-8-15-20(23)14-5-3-4-6-18(14)27(24,25)21(15)19(17)22/h3-11H,1-2H3. The van der Waals surface area contributed by atoms with Crippen LogP contribution < -0.4 is 0 Å². The SMILES string of the molecule is Cc1ccc(Sc2ccc3c(c2Cl)S(=O)(=O)c2ccccc2C3=O)c(C)c1. The lowest BCUT2D eigenvalue weighted by Crippen LogP contribution is -2.20. The molecule has 3 nitrogen and oxygen atoms in total. The summed E-state index contributed by atoms with van der Waals surface area (Å²) >= 11 is 7.92. The first kappa shape index (κ1) is 18.3. The highest BCUT2D eigenvalue weighted by Gasteiger charge is 2.37. The van der Waals surface area contributed by atoms with Crippen molar-refractivity contribution in [2.24, 2.45) is 0 Å². The van der Waals surface area contributed by atoms with Gasteiger partial charge in [-0.15, -0.1) is 0 Å². The van der Waals surface area contributed by atoms with Crippen LogP contribution in [0, 0.1) is 13.8 Å². The molecule has 0 spiro atoms. The van der Waals surface area contributed by atoms with Crippen LogP contribution in [0.5, 0.6) is 0 Å². The van der Waals surface area contributed by atoms with Crippen molar-refractivity contribution >= 4 is 39.0 Å². The Labute approximate surface area is 167 Å². The van der Waals surface area contributed by atoms with Gasteiger partial charge in [0.25, 0.3) is 0 Å². The Hall–Kier alpha value is -2.08. The Morgan fingerprint density at radius 3 is 2.33 bits per heavy atom. The smallest absolute Gasteiger partial charge is 0.209 e. The quantitative estimate of drug-likeness (QED) is 0.435. The maximum Gasteiger partial charge on any atom is 0.209 e. The summed E-state index contributed by atoms with van der Waals surface area (Å²) in [6.07, 6.45) is 0. The van der Waals surface area contributed by atoms with Gasteiger partial charge >= 0.3 is 0 Å². The van der Waals surface area contributed by atoms with Gasteiger partial charge < -0.3 is 0 Å². The molecule has 6 heteroatoms. The lowest BCUT2D eigenvalue weighted by atomic mass is 10.0. The van der Waals surface area contributed by atoms with E-state index < -0.39 is 9.84 Å². The fourth-order valence-corrected chi connectivity index (χ4v) is 6.53. The van der Waals surface area contributed by atoms with Gasteiger partial charge in [-0.1, -0.05) is 53.2 Å². The third-order valence-electron chi connectivity index (χ3n) is 4.55. The van der Waals surface area contributed by atoms with Gasteiger partial charge in [0.15, 0.2) is 5.78 Å². The predicted octanol–water partition coefficient (Wildman–Crippen LogP) is 5.49. The molecule has 4 rings (SSSR count). The third-order valence-corrected chi connectivity index (χ3v) is 8.30. The second kappa shape index (κ2) is 6.51. The minimum absolute atomic E-state index is 0.0121. The second-order valence-corrected chi connectivity index (χ2v) is 9.77. The average Bonchev–Trinajstić information content (AvgIpc) is 2.63. The van der Waals surface area contributed by atoms with E-state index in [1.54, 1.807) is 24.3 Å². The molecule has 1 aliphatic rings. The molecule has 0 amide bonds. The molecule has 1 aliphatic heterocycles. The summed E-state index contributed by atoms with van der Waals surface area (Å²) < 4.78 is 26.3. The van der Waals surface area contributed by atoms with Crippen LogP contribution in [0.1, 0.15) is 27.0 Å². The Balaban J connectivity index is 1.89. The van der Waals surface area contributed by atoms with Crippen LogP contribution in [0.4, 0.5) is 0 Å². The summed E-state index contributed by atoms with van der Waals surface area (Å²) in [5.74, 6) is -0.319. The summed E-state index contributed by atoms with van der Waals surface area (Å²) in [4.78, 5) is 14.3. The fraction of sp³-hybridized carbons (Fsp3) is 0.0952. The lowest BCUT2D eigenvalue weighted by molar-refractivity contribution is 0.103. The third kappa shape index (κ3) is 2.90. The van der Waals surface area contributed by atoms with E-state index >= 15 is 0 Å². The van der Waals surface area contributed by atoms with Crippen LogP contribution in [-0.4, -0.2) is 14.2 Å². The van der Waals surface area contributed by atoms with E-state index in [9.17, 15) is 13.2 Å². The van der Waals surface area contributed by atoms with E-state index in [1.165, 1.54) is 23.9 Å². The van der Waals surface area contributed by atoms with Crippen molar-refractivity contribution < 1.29 is 13.2 Å². The van der Waals surface area contributed by atoms with Gasteiger partial charge in [-0.25, -0.2) is 8.42 Å². The number of rotatable bonds is 2. The maximum atomic E-state index is 13.1. The Morgan fingerprint density at radius 2 is 1.59 bits per heavy atom. The summed E-state index contributed by atoms with van der Waals surface area (Å²) in [5, 5.41) is 0.0975. The number of fused-ring (bicyclic) bond motifs is 2. The Bertz CT molecular complexity index is 1210. The maximum absolute atomic E-state index is 13.1.